The number of anilines is 2. The molecule has 10 rings (SSSR count). The smallest absolute Gasteiger partial charge is 0.148 e. The third-order valence-corrected chi connectivity index (χ3v) is 11.5. The zero-order chi connectivity index (χ0) is 37.4. The summed E-state index contributed by atoms with van der Waals surface area (Å²) >= 11 is 1.59. The lowest BCUT2D eigenvalue weighted by Crippen LogP contribution is -2.19. The van der Waals surface area contributed by atoms with Crippen LogP contribution in [0.3, 0.4) is 0 Å². The van der Waals surface area contributed by atoms with E-state index in [0.29, 0.717) is 6.54 Å². The molecule has 4 aromatic carbocycles. The number of para-hydroxylation sites is 1. The number of benzene rings is 4. The van der Waals surface area contributed by atoms with Crippen molar-refractivity contribution in [3.63, 3.8) is 0 Å². The predicted molar refractivity (Wildman–Crippen MR) is 233 cm³/mol. The summed E-state index contributed by atoms with van der Waals surface area (Å²) in [4.78, 5) is 12.6. The van der Waals surface area contributed by atoms with Gasteiger partial charge in [0.2, 0.25) is 0 Å². The van der Waals surface area contributed by atoms with E-state index < -0.39 is 0 Å². The van der Waals surface area contributed by atoms with E-state index in [1.165, 1.54) is 10.8 Å². The Morgan fingerprint density at radius 3 is 2.25 bits per heavy atom. The molecule has 6 nitrogen and oxygen atoms in total. The molecular formula is C49H36N6S. The van der Waals surface area contributed by atoms with Crippen LogP contribution < -0.4 is 4.90 Å². The zero-order valence-electron chi connectivity index (χ0n) is 30.5. The van der Waals surface area contributed by atoms with Crippen molar-refractivity contribution >= 4 is 50.2 Å². The van der Waals surface area contributed by atoms with E-state index in [1.54, 1.807) is 11.3 Å². The maximum atomic E-state index is 5.22. The normalized spacial score (nSPS) is 16.4. The van der Waals surface area contributed by atoms with E-state index in [0.717, 1.165) is 84.0 Å². The van der Waals surface area contributed by atoms with E-state index in [4.69, 9.17) is 20.2 Å². The van der Waals surface area contributed by atoms with Gasteiger partial charge in [0.15, 0.2) is 0 Å². The molecule has 4 aromatic heterocycles. The van der Waals surface area contributed by atoms with Crippen LogP contribution in [0, 0.1) is 0 Å². The van der Waals surface area contributed by atoms with Gasteiger partial charge in [-0.15, -0.1) is 10.2 Å². The lowest BCUT2D eigenvalue weighted by Gasteiger charge is -2.26. The van der Waals surface area contributed by atoms with Gasteiger partial charge in [0.1, 0.15) is 21.7 Å². The highest BCUT2D eigenvalue weighted by Crippen LogP contribution is 2.40. The Kier molecular flexibility index (Phi) is 8.61. The summed E-state index contributed by atoms with van der Waals surface area (Å²) in [7, 11) is 0. The van der Waals surface area contributed by atoms with Crippen molar-refractivity contribution in [2.75, 3.05) is 11.4 Å². The van der Waals surface area contributed by atoms with Crippen LogP contribution in [0.5, 0.6) is 0 Å². The molecule has 268 valence electrons. The first-order chi connectivity index (χ1) is 27.7. The molecule has 56 heavy (non-hydrogen) atoms. The molecule has 0 bridgehead atoms. The van der Waals surface area contributed by atoms with E-state index in [1.807, 2.05) is 24.3 Å². The molecule has 8 aromatic rings. The Hall–Kier alpha value is -6.96. The fourth-order valence-corrected chi connectivity index (χ4v) is 8.54. The largest absolute Gasteiger partial charge is 0.322 e. The van der Waals surface area contributed by atoms with Crippen LogP contribution in [-0.2, 0) is 0 Å². The molecule has 1 aliphatic heterocycles. The van der Waals surface area contributed by atoms with Gasteiger partial charge >= 0.3 is 0 Å². The van der Waals surface area contributed by atoms with Crippen molar-refractivity contribution in [3.05, 3.63) is 194 Å². The third-order valence-electron chi connectivity index (χ3n) is 10.5. The fraction of sp³-hybridized carbons (Fsp3) is 0.0612. The van der Waals surface area contributed by atoms with E-state index in [-0.39, 0.29) is 5.92 Å². The number of aromatic nitrogens is 5. The van der Waals surface area contributed by atoms with Crippen LogP contribution >= 0.6 is 11.3 Å². The second-order valence-corrected chi connectivity index (χ2v) is 15.0. The van der Waals surface area contributed by atoms with Gasteiger partial charge in [-0.3, -0.25) is 4.57 Å². The minimum atomic E-state index is 0.265. The summed E-state index contributed by atoms with van der Waals surface area (Å²) < 4.78 is 2.28. The van der Waals surface area contributed by atoms with Crippen molar-refractivity contribution in [1.82, 2.24) is 24.7 Å². The summed E-state index contributed by atoms with van der Waals surface area (Å²) in [6.45, 7) is 5.14. The molecule has 2 aliphatic rings. The van der Waals surface area contributed by atoms with Crippen LogP contribution in [0.15, 0.2) is 183 Å². The van der Waals surface area contributed by atoms with Gasteiger partial charge in [-0.25, -0.2) is 9.97 Å². The lowest BCUT2D eigenvalue weighted by atomic mass is 9.97. The molecule has 0 saturated heterocycles. The number of hydrogen-bond donors (Lipinski definition) is 0. The quantitative estimate of drug-likeness (QED) is 0.170. The van der Waals surface area contributed by atoms with Crippen LogP contribution in [0.1, 0.15) is 23.6 Å². The highest BCUT2D eigenvalue weighted by Gasteiger charge is 2.21. The first-order valence-electron chi connectivity index (χ1n) is 18.8. The molecule has 0 amide bonds. The standard InChI is InChI=1S/C49H36N6S/c1-33-15-5-4-12-30-54(46-24-13-21-41(50-46)34-16-6-2-7-17-34)43-29-27-36(31-40(33)43)48-52-53-49(56-48)37-26-28-39-38-20-10-11-23-44(38)55(45(39)32-37)47-25-14-22-42(51-47)35-18-8-3-9-19-35/h2-18,20-29,31-32,35H,1,19,30H2/b12-4-,15-5-. The second kappa shape index (κ2) is 14.4. The van der Waals surface area contributed by atoms with E-state index in [2.05, 4.69) is 168 Å². The Balaban J connectivity index is 1.02. The molecule has 1 atom stereocenters. The van der Waals surface area contributed by atoms with Gasteiger partial charge in [-0.2, -0.15) is 0 Å². The minimum absolute atomic E-state index is 0.265. The van der Waals surface area contributed by atoms with Crippen LogP contribution in [0.4, 0.5) is 11.5 Å². The topological polar surface area (TPSA) is 59.7 Å². The summed E-state index contributed by atoms with van der Waals surface area (Å²) in [5.41, 5.74) is 10.3. The Bertz CT molecular complexity index is 2910. The predicted octanol–water partition coefficient (Wildman–Crippen LogP) is 12.3. The number of pyridine rings is 2. The SMILES string of the molecule is C=C1/C=C\C=C/CN(c2cccc(-c3ccccc3)n2)c2ccc(-c3nnc(-c4ccc5c6ccccc6n(-c6cccc(C7C=CC=CC7)n6)c5c4)s3)cc21. The van der Waals surface area contributed by atoms with Crippen molar-refractivity contribution < 1.29 is 0 Å². The van der Waals surface area contributed by atoms with Crippen molar-refractivity contribution in [3.8, 4) is 38.2 Å². The first-order valence-corrected chi connectivity index (χ1v) is 19.6. The molecule has 0 fully saturated rings. The molecule has 0 spiro atoms. The highest BCUT2D eigenvalue weighted by atomic mass is 32.1. The van der Waals surface area contributed by atoms with Gasteiger partial charge < -0.3 is 4.90 Å². The zero-order valence-corrected chi connectivity index (χ0v) is 31.3. The monoisotopic (exact) mass is 740 g/mol. The fourth-order valence-electron chi connectivity index (χ4n) is 7.70. The summed E-state index contributed by atoms with van der Waals surface area (Å²) in [5.74, 6) is 2.04. The molecule has 1 unspecified atom stereocenters. The molecule has 5 heterocycles. The Morgan fingerprint density at radius 2 is 1.38 bits per heavy atom. The third kappa shape index (κ3) is 6.18. The maximum absolute atomic E-state index is 5.22. The van der Waals surface area contributed by atoms with Gasteiger partial charge in [0.25, 0.3) is 0 Å². The van der Waals surface area contributed by atoms with Gasteiger partial charge in [0.05, 0.1) is 28.1 Å². The van der Waals surface area contributed by atoms with E-state index >= 15 is 0 Å². The molecule has 0 N–H and O–H groups in total. The summed E-state index contributed by atoms with van der Waals surface area (Å²) in [5, 5.41) is 13.6. The minimum Gasteiger partial charge on any atom is -0.322 e. The maximum Gasteiger partial charge on any atom is 0.148 e. The van der Waals surface area contributed by atoms with Crippen LogP contribution in [0.2, 0.25) is 0 Å². The Labute approximate surface area is 329 Å². The molecule has 0 radical (unpaired) electrons. The van der Waals surface area contributed by atoms with Crippen LogP contribution in [-0.4, -0.2) is 31.3 Å². The number of allylic oxidation sites excluding steroid dienone is 8. The number of rotatable bonds is 6. The summed E-state index contributed by atoms with van der Waals surface area (Å²) in [6.07, 6.45) is 17.9. The van der Waals surface area contributed by atoms with E-state index in [9.17, 15) is 0 Å². The second-order valence-electron chi connectivity index (χ2n) is 14.0. The lowest BCUT2D eigenvalue weighted by molar-refractivity contribution is 0.808. The molecule has 7 heteroatoms. The van der Waals surface area contributed by atoms with Crippen molar-refractivity contribution in [1.29, 1.82) is 0 Å². The highest BCUT2D eigenvalue weighted by molar-refractivity contribution is 7.17. The van der Waals surface area contributed by atoms with Gasteiger partial charge in [0, 0.05) is 45.5 Å². The van der Waals surface area contributed by atoms with Gasteiger partial charge in [-0.1, -0.05) is 139 Å². The number of nitrogens with zero attached hydrogens (tertiary/aromatic N) is 6. The molecule has 0 saturated carbocycles. The average molecular weight is 741 g/mol. The molecular weight excluding hydrogens is 705 g/mol. The first kappa shape index (κ1) is 33.6. The van der Waals surface area contributed by atoms with Gasteiger partial charge in [-0.05, 0) is 66.6 Å². The summed E-state index contributed by atoms with van der Waals surface area (Å²) in [6, 6.07) is 44.5. The Morgan fingerprint density at radius 1 is 0.607 bits per heavy atom. The number of hydrogen-bond acceptors (Lipinski definition) is 6. The van der Waals surface area contributed by atoms with Crippen molar-refractivity contribution in [2.45, 2.75) is 12.3 Å². The van der Waals surface area contributed by atoms with Crippen molar-refractivity contribution in [2.24, 2.45) is 0 Å². The molecule has 1 aliphatic carbocycles. The average Bonchev–Trinajstić information content (AvgIpc) is 3.90. The van der Waals surface area contributed by atoms with Crippen LogP contribution in [0.25, 0.3) is 65.6 Å². The number of fused-ring (bicyclic) bond motifs is 4.